The van der Waals surface area contributed by atoms with E-state index in [2.05, 4.69) is 35.7 Å². The van der Waals surface area contributed by atoms with E-state index >= 15 is 0 Å². The quantitative estimate of drug-likeness (QED) is 0.335. The molecule has 1 aliphatic rings. The molecule has 1 aliphatic heterocycles. The molecule has 1 atom stereocenters. The Balaban J connectivity index is 1.90. The first-order valence-corrected chi connectivity index (χ1v) is 7.79. The molecule has 0 fully saturated rings. The third-order valence-electron chi connectivity index (χ3n) is 4.01. The van der Waals surface area contributed by atoms with Crippen molar-refractivity contribution in [3.8, 4) is 0 Å². The number of hydrogen-bond donors (Lipinski definition) is 5. The molecule has 0 bridgehead atoms. The zero-order valence-electron chi connectivity index (χ0n) is 14.1. The van der Waals surface area contributed by atoms with E-state index in [1.165, 1.54) is 0 Å². The summed E-state index contributed by atoms with van der Waals surface area (Å²) < 4.78 is 1.15. The summed E-state index contributed by atoms with van der Waals surface area (Å²) in [5.74, 6) is -1.92. The van der Waals surface area contributed by atoms with Crippen LogP contribution >= 0.6 is 0 Å². The van der Waals surface area contributed by atoms with Gasteiger partial charge in [-0.3, -0.25) is 10.8 Å². The van der Waals surface area contributed by atoms with Gasteiger partial charge in [-0.05, 0) is 6.92 Å². The minimum atomic E-state index is -1.93. The lowest BCUT2D eigenvalue weighted by atomic mass is 10.0. The number of anilines is 1. The average Bonchev–Trinajstić information content (AvgIpc) is 3.29. The Kier molecular flexibility index (Phi) is 3.29. The largest absolute Gasteiger partial charge is 0.477 e. The summed E-state index contributed by atoms with van der Waals surface area (Å²) in [5, 5.41) is 36.2. The van der Waals surface area contributed by atoms with Gasteiger partial charge in [-0.15, -0.1) is 20.1 Å². The van der Waals surface area contributed by atoms with Crippen molar-refractivity contribution in [2.24, 2.45) is 10.8 Å². The second-order valence-electron chi connectivity index (χ2n) is 5.84. The number of aromatic amines is 1. The lowest BCUT2D eigenvalue weighted by Gasteiger charge is -2.24. The van der Waals surface area contributed by atoms with Gasteiger partial charge in [0.15, 0.2) is 28.7 Å². The van der Waals surface area contributed by atoms with Crippen LogP contribution in [0.25, 0.3) is 5.65 Å². The van der Waals surface area contributed by atoms with E-state index < -0.39 is 23.3 Å². The lowest BCUT2D eigenvalue weighted by molar-refractivity contribution is -0.129. The molecule has 14 nitrogen and oxygen atoms in total. The third-order valence-corrected chi connectivity index (χ3v) is 4.01. The summed E-state index contributed by atoms with van der Waals surface area (Å²) in [4.78, 5) is 32.7. The number of carboxylic acids is 2. The van der Waals surface area contributed by atoms with E-state index in [1.807, 2.05) is 6.92 Å². The fraction of sp³-hybridized carbons (Fsp3) is 0.308. The number of carboxylic acid groups (broad SMARTS) is 2. The number of nitrogens with two attached hydrogens (primary N) is 1. The number of nitrogens with one attached hydrogen (secondary N) is 2. The minimum Gasteiger partial charge on any atom is -0.477 e. The van der Waals surface area contributed by atoms with E-state index in [1.54, 1.807) is 6.92 Å². The van der Waals surface area contributed by atoms with Gasteiger partial charge in [0.2, 0.25) is 5.66 Å². The molecule has 0 spiro atoms. The van der Waals surface area contributed by atoms with Gasteiger partial charge in [-0.2, -0.15) is 4.63 Å². The zero-order chi connectivity index (χ0) is 19.5. The molecule has 0 amide bonds. The van der Waals surface area contributed by atoms with Crippen LogP contribution in [0.2, 0.25) is 0 Å². The second-order valence-corrected chi connectivity index (χ2v) is 5.84. The van der Waals surface area contributed by atoms with Crippen molar-refractivity contribution in [1.82, 2.24) is 34.7 Å². The third kappa shape index (κ3) is 2.27. The van der Waals surface area contributed by atoms with Crippen LogP contribution in [-0.2, 0) is 16.9 Å². The van der Waals surface area contributed by atoms with Gasteiger partial charge in [0.1, 0.15) is 11.5 Å². The molecule has 0 radical (unpaired) electrons. The van der Waals surface area contributed by atoms with Crippen molar-refractivity contribution in [2.45, 2.75) is 25.9 Å². The first-order valence-electron chi connectivity index (χ1n) is 7.79. The Morgan fingerprint density at radius 3 is 2.63 bits per heavy atom. The zero-order valence-corrected chi connectivity index (χ0v) is 14.1. The summed E-state index contributed by atoms with van der Waals surface area (Å²) in [7, 11) is 0. The minimum absolute atomic E-state index is 0.0173. The first kappa shape index (κ1) is 16.6. The summed E-state index contributed by atoms with van der Waals surface area (Å²) in [6.07, 6.45) is 0.478. The Hall–Kier alpha value is -3.81. The van der Waals surface area contributed by atoms with Crippen LogP contribution in [0.4, 0.5) is 5.69 Å². The predicted molar refractivity (Wildman–Crippen MR) is 88.4 cm³/mol. The standard InChI is InChI=1S/C13H14N10O4/c1-3-5-16-12-13(14,8(11(26)27)21-23(12)19-5)17-6-7(10(24)25)20-22-9(6)15-4(2)18-22/h17,20H,3,14H2,1-2H3,(H,24,25)(H,26,27). The van der Waals surface area contributed by atoms with E-state index in [0.29, 0.717) is 18.1 Å². The van der Waals surface area contributed by atoms with Gasteiger partial charge in [-0.25, -0.2) is 19.6 Å². The maximum absolute atomic E-state index is 11.7. The topological polar surface area (TPSA) is 202 Å². The fourth-order valence-electron chi connectivity index (χ4n) is 2.82. The predicted octanol–water partition coefficient (Wildman–Crippen LogP) is -1.26. The van der Waals surface area contributed by atoms with Crippen LogP contribution in [0.15, 0.2) is 5.10 Å². The molecule has 14 heteroatoms. The van der Waals surface area contributed by atoms with Crippen molar-refractivity contribution in [3.05, 3.63) is 23.2 Å². The summed E-state index contributed by atoms with van der Waals surface area (Å²) >= 11 is 0. The van der Waals surface area contributed by atoms with Crippen LogP contribution in [0.3, 0.4) is 0 Å². The number of aliphatic carboxylic acids is 1. The van der Waals surface area contributed by atoms with E-state index in [-0.39, 0.29) is 22.9 Å². The smallest absolute Gasteiger partial charge is 0.356 e. The molecule has 4 heterocycles. The first-order chi connectivity index (χ1) is 12.7. The van der Waals surface area contributed by atoms with Crippen molar-refractivity contribution >= 4 is 29.0 Å². The highest BCUT2D eigenvalue weighted by Gasteiger charge is 2.49. The van der Waals surface area contributed by atoms with Crippen LogP contribution in [0.5, 0.6) is 0 Å². The normalized spacial score (nSPS) is 18.6. The number of fused-ring (bicyclic) bond motifs is 2. The Morgan fingerprint density at radius 1 is 1.26 bits per heavy atom. The molecule has 140 valence electrons. The highest BCUT2D eigenvalue weighted by atomic mass is 16.4. The highest BCUT2D eigenvalue weighted by molar-refractivity contribution is 6.40. The molecule has 4 rings (SSSR count). The van der Waals surface area contributed by atoms with E-state index in [4.69, 9.17) is 5.73 Å². The Morgan fingerprint density at radius 2 is 2.00 bits per heavy atom. The molecule has 0 saturated carbocycles. The van der Waals surface area contributed by atoms with Gasteiger partial charge in [0.05, 0.1) is 0 Å². The number of aromatic nitrogens is 7. The number of nitrogens with zero attached hydrogens (tertiary/aromatic N) is 7. The molecular formula is C13H14N10O4. The van der Waals surface area contributed by atoms with Crippen LogP contribution in [0, 0.1) is 6.92 Å². The maximum Gasteiger partial charge on any atom is 0.356 e. The van der Waals surface area contributed by atoms with E-state index in [9.17, 15) is 19.8 Å². The highest BCUT2D eigenvalue weighted by Crippen LogP contribution is 2.31. The van der Waals surface area contributed by atoms with Crippen molar-refractivity contribution < 1.29 is 19.8 Å². The number of H-pyrrole nitrogens is 1. The van der Waals surface area contributed by atoms with Crippen molar-refractivity contribution in [3.63, 3.8) is 0 Å². The van der Waals surface area contributed by atoms with Crippen LogP contribution in [-0.4, -0.2) is 62.5 Å². The van der Waals surface area contributed by atoms with Crippen molar-refractivity contribution in [1.29, 1.82) is 0 Å². The molecule has 0 saturated heterocycles. The number of carbonyl (C=O) groups is 2. The van der Waals surface area contributed by atoms with Gasteiger partial charge in [-0.1, -0.05) is 6.92 Å². The number of aromatic carboxylic acids is 1. The SMILES string of the molecule is CCc1nc2n(n1)N=C(C(=O)O)C2(N)Nc1c(C(=O)O)[nH]n2nc(C)nc12. The summed E-state index contributed by atoms with van der Waals surface area (Å²) in [5.41, 5.74) is 3.69. The molecule has 3 aromatic rings. The summed E-state index contributed by atoms with van der Waals surface area (Å²) in [6.45, 7) is 3.43. The molecule has 27 heavy (non-hydrogen) atoms. The van der Waals surface area contributed by atoms with Gasteiger partial charge in [0, 0.05) is 6.42 Å². The number of hydrogen-bond acceptors (Lipinski definition) is 9. The summed E-state index contributed by atoms with van der Waals surface area (Å²) in [6, 6.07) is 0. The van der Waals surface area contributed by atoms with E-state index in [0.717, 1.165) is 9.42 Å². The molecule has 0 aliphatic carbocycles. The Bertz CT molecular complexity index is 1140. The molecule has 6 N–H and O–H groups in total. The molecule has 3 aromatic heterocycles. The monoisotopic (exact) mass is 374 g/mol. The Labute approximate surface area is 149 Å². The maximum atomic E-state index is 11.7. The number of aryl methyl sites for hydroxylation is 2. The molecule has 1 unspecified atom stereocenters. The van der Waals surface area contributed by atoms with Crippen LogP contribution < -0.4 is 11.1 Å². The molecular weight excluding hydrogens is 360 g/mol. The van der Waals surface area contributed by atoms with Gasteiger partial charge in [0.25, 0.3) is 0 Å². The van der Waals surface area contributed by atoms with Crippen molar-refractivity contribution in [2.75, 3.05) is 5.32 Å². The second kappa shape index (κ2) is 5.34. The fourth-order valence-corrected chi connectivity index (χ4v) is 2.82. The lowest BCUT2D eigenvalue weighted by Crippen LogP contribution is -2.53. The average molecular weight is 374 g/mol. The van der Waals surface area contributed by atoms with Gasteiger partial charge < -0.3 is 15.5 Å². The molecule has 0 aromatic carbocycles. The van der Waals surface area contributed by atoms with Crippen LogP contribution in [0.1, 0.15) is 34.9 Å². The number of rotatable bonds is 5. The van der Waals surface area contributed by atoms with Gasteiger partial charge >= 0.3 is 11.9 Å².